The second-order valence-electron chi connectivity index (χ2n) is 6.39. The third kappa shape index (κ3) is 3.03. The molecule has 2 aromatic rings. The number of fused-ring (bicyclic) bond motifs is 1. The van der Waals surface area contributed by atoms with Crippen LogP contribution in [-0.2, 0) is 17.8 Å². The zero-order valence-electron chi connectivity index (χ0n) is 13.1. The van der Waals surface area contributed by atoms with Crippen LogP contribution < -0.4 is 0 Å². The lowest BCUT2D eigenvalue weighted by atomic mass is 10.1. The van der Waals surface area contributed by atoms with E-state index in [9.17, 15) is 4.79 Å². The molecule has 2 fully saturated rings. The largest absolute Gasteiger partial charge is 0.338 e. The van der Waals surface area contributed by atoms with Crippen LogP contribution >= 0.6 is 11.3 Å². The van der Waals surface area contributed by atoms with E-state index in [2.05, 4.69) is 26.9 Å². The number of amides is 1. The first-order valence-corrected chi connectivity index (χ1v) is 9.14. The summed E-state index contributed by atoms with van der Waals surface area (Å²) in [5.41, 5.74) is 1.26. The van der Waals surface area contributed by atoms with Crippen molar-refractivity contribution < 1.29 is 4.79 Å². The summed E-state index contributed by atoms with van der Waals surface area (Å²) in [6.45, 7) is 2.93. The van der Waals surface area contributed by atoms with Crippen LogP contribution in [0.3, 0.4) is 0 Å². The number of pyridine rings is 1. The average molecular weight is 327 g/mol. The summed E-state index contributed by atoms with van der Waals surface area (Å²) < 4.78 is 0. The van der Waals surface area contributed by atoms with Gasteiger partial charge in [0.25, 0.3) is 0 Å². The highest BCUT2D eigenvalue weighted by Crippen LogP contribution is 2.33. The standard InChI is InChI=1S/C18H21N3OS/c22-18(11-15-4-2-10-23-15)21-9-6-16-17(21)5-8-20(16)13-14-3-1-7-19-12-14/h1-4,7,10,12,16-17H,5-6,8-9,11,13H2/t16-,17+/m1/s1. The molecule has 2 atom stereocenters. The lowest BCUT2D eigenvalue weighted by Gasteiger charge is -2.25. The zero-order valence-corrected chi connectivity index (χ0v) is 13.9. The normalized spacial score (nSPS) is 24.1. The first kappa shape index (κ1) is 14.8. The molecule has 0 saturated carbocycles. The fourth-order valence-electron chi connectivity index (χ4n) is 3.97. The fourth-order valence-corrected chi connectivity index (χ4v) is 4.67. The Morgan fingerprint density at radius 1 is 1.22 bits per heavy atom. The van der Waals surface area contributed by atoms with Crippen molar-refractivity contribution >= 4 is 17.2 Å². The quantitative estimate of drug-likeness (QED) is 0.866. The highest BCUT2D eigenvalue weighted by atomic mass is 32.1. The van der Waals surface area contributed by atoms with Crippen LogP contribution in [0.15, 0.2) is 42.0 Å². The number of aromatic nitrogens is 1. The molecule has 0 unspecified atom stereocenters. The molecular weight excluding hydrogens is 306 g/mol. The molecule has 5 heteroatoms. The highest BCUT2D eigenvalue weighted by Gasteiger charge is 2.43. The molecule has 4 rings (SSSR count). The van der Waals surface area contributed by atoms with Gasteiger partial charge in [0.1, 0.15) is 0 Å². The monoisotopic (exact) mass is 327 g/mol. The molecule has 2 aliphatic rings. The second-order valence-corrected chi connectivity index (χ2v) is 7.42. The fraction of sp³-hybridized carbons (Fsp3) is 0.444. The summed E-state index contributed by atoms with van der Waals surface area (Å²) in [7, 11) is 0. The van der Waals surface area contributed by atoms with Crippen LogP contribution in [0.1, 0.15) is 23.3 Å². The summed E-state index contributed by atoms with van der Waals surface area (Å²) in [5, 5.41) is 2.04. The van der Waals surface area contributed by atoms with Crippen LogP contribution in [-0.4, -0.2) is 45.9 Å². The van der Waals surface area contributed by atoms with E-state index in [1.54, 1.807) is 11.3 Å². The number of rotatable bonds is 4. The minimum Gasteiger partial charge on any atom is -0.338 e. The van der Waals surface area contributed by atoms with E-state index in [1.165, 1.54) is 10.4 Å². The van der Waals surface area contributed by atoms with E-state index >= 15 is 0 Å². The maximum absolute atomic E-state index is 12.6. The Kier molecular flexibility index (Phi) is 4.14. The number of carbonyl (C=O) groups excluding carboxylic acids is 1. The molecule has 4 heterocycles. The Hall–Kier alpha value is -1.72. The predicted molar refractivity (Wildman–Crippen MR) is 91.2 cm³/mol. The van der Waals surface area contributed by atoms with Gasteiger partial charge >= 0.3 is 0 Å². The van der Waals surface area contributed by atoms with E-state index in [1.807, 2.05) is 29.9 Å². The molecular formula is C18H21N3OS. The van der Waals surface area contributed by atoms with E-state index in [0.717, 1.165) is 32.5 Å². The molecule has 0 aromatic carbocycles. The molecule has 0 radical (unpaired) electrons. The predicted octanol–water partition coefficient (Wildman–Crippen LogP) is 2.56. The van der Waals surface area contributed by atoms with Crippen molar-refractivity contribution in [2.45, 2.75) is 37.9 Å². The van der Waals surface area contributed by atoms with Crippen molar-refractivity contribution in [1.82, 2.24) is 14.8 Å². The van der Waals surface area contributed by atoms with Gasteiger partial charge in [0.2, 0.25) is 5.91 Å². The van der Waals surface area contributed by atoms with E-state index < -0.39 is 0 Å². The molecule has 4 nitrogen and oxygen atoms in total. The van der Waals surface area contributed by atoms with Gasteiger partial charge in [0.05, 0.1) is 6.42 Å². The van der Waals surface area contributed by atoms with Crippen LogP contribution in [0.5, 0.6) is 0 Å². The third-order valence-electron chi connectivity index (χ3n) is 5.03. The van der Waals surface area contributed by atoms with Gasteiger partial charge < -0.3 is 4.90 Å². The summed E-state index contributed by atoms with van der Waals surface area (Å²) in [4.78, 5) is 22.7. The Labute approximate surface area is 140 Å². The summed E-state index contributed by atoms with van der Waals surface area (Å²) in [6, 6.07) is 9.12. The zero-order chi connectivity index (χ0) is 15.6. The van der Waals surface area contributed by atoms with Crippen molar-refractivity contribution in [3.63, 3.8) is 0 Å². The molecule has 0 spiro atoms. The number of hydrogen-bond donors (Lipinski definition) is 0. The van der Waals surface area contributed by atoms with Crippen molar-refractivity contribution in [1.29, 1.82) is 0 Å². The van der Waals surface area contributed by atoms with Crippen molar-refractivity contribution in [2.24, 2.45) is 0 Å². The summed E-state index contributed by atoms with van der Waals surface area (Å²) >= 11 is 1.67. The summed E-state index contributed by atoms with van der Waals surface area (Å²) in [6.07, 6.45) is 6.52. The lowest BCUT2D eigenvalue weighted by Crippen LogP contribution is -2.40. The average Bonchev–Trinajstić information content (AvgIpc) is 3.27. The molecule has 120 valence electrons. The summed E-state index contributed by atoms with van der Waals surface area (Å²) in [5.74, 6) is 0.295. The van der Waals surface area contributed by atoms with Crippen molar-refractivity contribution in [2.75, 3.05) is 13.1 Å². The molecule has 0 bridgehead atoms. The minimum absolute atomic E-state index is 0.295. The van der Waals surface area contributed by atoms with Crippen LogP contribution in [0.4, 0.5) is 0 Å². The van der Waals surface area contributed by atoms with Crippen LogP contribution in [0.25, 0.3) is 0 Å². The van der Waals surface area contributed by atoms with Gasteiger partial charge in [0.15, 0.2) is 0 Å². The van der Waals surface area contributed by atoms with Gasteiger partial charge in [-0.15, -0.1) is 11.3 Å². The molecule has 0 aliphatic carbocycles. The number of carbonyl (C=O) groups is 1. The number of nitrogens with zero attached hydrogens (tertiary/aromatic N) is 3. The van der Waals surface area contributed by atoms with E-state index in [-0.39, 0.29) is 0 Å². The Morgan fingerprint density at radius 3 is 2.91 bits per heavy atom. The first-order valence-electron chi connectivity index (χ1n) is 8.26. The molecule has 2 aromatic heterocycles. The van der Waals surface area contributed by atoms with Gasteiger partial charge in [-0.25, -0.2) is 0 Å². The van der Waals surface area contributed by atoms with Crippen LogP contribution in [0.2, 0.25) is 0 Å². The molecule has 0 N–H and O–H groups in total. The van der Waals surface area contributed by atoms with Gasteiger partial charge in [-0.05, 0) is 35.9 Å². The Balaban J connectivity index is 1.40. The van der Waals surface area contributed by atoms with Gasteiger partial charge in [0, 0.05) is 49.0 Å². The molecule has 2 aliphatic heterocycles. The maximum Gasteiger partial charge on any atom is 0.228 e. The molecule has 1 amide bonds. The maximum atomic E-state index is 12.6. The van der Waals surface area contributed by atoms with Crippen LogP contribution in [0, 0.1) is 0 Å². The van der Waals surface area contributed by atoms with E-state index in [0.29, 0.717) is 24.4 Å². The highest BCUT2D eigenvalue weighted by molar-refractivity contribution is 7.10. The number of thiophene rings is 1. The Bertz CT molecular complexity index is 658. The third-order valence-corrected chi connectivity index (χ3v) is 5.90. The van der Waals surface area contributed by atoms with Gasteiger partial charge in [-0.2, -0.15) is 0 Å². The lowest BCUT2D eigenvalue weighted by molar-refractivity contribution is -0.131. The molecule has 23 heavy (non-hydrogen) atoms. The topological polar surface area (TPSA) is 36.4 Å². The number of likely N-dealkylation sites (tertiary alicyclic amines) is 2. The Morgan fingerprint density at radius 2 is 2.13 bits per heavy atom. The smallest absolute Gasteiger partial charge is 0.228 e. The van der Waals surface area contributed by atoms with Crippen molar-refractivity contribution in [3.8, 4) is 0 Å². The molecule has 2 saturated heterocycles. The van der Waals surface area contributed by atoms with Gasteiger partial charge in [-0.1, -0.05) is 12.1 Å². The second kappa shape index (κ2) is 6.42. The van der Waals surface area contributed by atoms with Gasteiger partial charge in [-0.3, -0.25) is 14.7 Å². The SMILES string of the molecule is O=C(Cc1cccs1)N1CC[C@@H]2[C@@H]1CCN2Cc1cccnc1. The van der Waals surface area contributed by atoms with Crippen molar-refractivity contribution in [3.05, 3.63) is 52.5 Å². The minimum atomic E-state index is 0.295. The number of hydrogen-bond acceptors (Lipinski definition) is 4. The first-order chi connectivity index (χ1) is 11.3. The van der Waals surface area contributed by atoms with E-state index in [4.69, 9.17) is 0 Å².